The van der Waals surface area contributed by atoms with Crippen molar-refractivity contribution in [3.05, 3.63) is 48.0 Å². The van der Waals surface area contributed by atoms with Crippen LogP contribution < -0.4 is 5.32 Å². The number of rotatable bonds is 3. The second-order valence-corrected chi connectivity index (χ2v) is 6.83. The molecule has 3 rings (SSSR count). The number of nitrogens with one attached hydrogen (secondary N) is 1. The van der Waals surface area contributed by atoms with E-state index in [1.54, 1.807) is 11.1 Å². The molecule has 1 amide bonds. The van der Waals surface area contributed by atoms with Crippen LogP contribution in [0.3, 0.4) is 0 Å². The summed E-state index contributed by atoms with van der Waals surface area (Å²) in [4.78, 5) is 18.9. The van der Waals surface area contributed by atoms with Crippen molar-refractivity contribution in [1.29, 1.82) is 0 Å². The molecule has 0 bridgehead atoms. The molecule has 0 radical (unpaired) electrons. The second kappa shape index (κ2) is 7.09. The SMILES string of the molecule is Cn1ccnc1C1CNCCN1C(=O)c1ccc(SC(F)(F)F)cc1. The van der Waals surface area contributed by atoms with Crippen molar-refractivity contribution in [2.45, 2.75) is 16.4 Å². The molecule has 1 N–H and O–H groups in total. The molecule has 134 valence electrons. The minimum absolute atomic E-state index is 0.0602. The predicted molar refractivity (Wildman–Crippen MR) is 88.2 cm³/mol. The first-order chi connectivity index (χ1) is 11.8. The first-order valence-electron chi connectivity index (χ1n) is 7.70. The van der Waals surface area contributed by atoms with Crippen LogP contribution in [-0.4, -0.2) is 45.5 Å². The maximum absolute atomic E-state index is 12.8. The Morgan fingerprint density at radius 1 is 1.32 bits per heavy atom. The van der Waals surface area contributed by atoms with Crippen molar-refractivity contribution in [2.75, 3.05) is 19.6 Å². The first-order valence-corrected chi connectivity index (χ1v) is 8.51. The lowest BCUT2D eigenvalue weighted by Crippen LogP contribution is -2.49. The molecule has 9 heteroatoms. The normalized spacial score (nSPS) is 18.4. The Morgan fingerprint density at radius 3 is 2.64 bits per heavy atom. The number of piperazine rings is 1. The summed E-state index contributed by atoms with van der Waals surface area (Å²) >= 11 is -0.191. The van der Waals surface area contributed by atoms with Crippen molar-refractivity contribution >= 4 is 17.7 Å². The van der Waals surface area contributed by atoms with Gasteiger partial charge in [-0.25, -0.2) is 4.98 Å². The average molecular weight is 370 g/mol. The largest absolute Gasteiger partial charge is 0.446 e. The number of carbonyl (C=O) groups excluding carboxylic acids is 1. The Balaban J connectivity index is 1.79. The lowest BCUT2D eigenvalue weighted by atomic mass is 10.1. The van der Waals surface area contributed by atoms with Crippen LogP contribution in [-0.2, 0) is 7.05 Å². The third kappa shape index (κ3) is 4.16. The zero-order valence-electron chi connectivity index (χ0n) is 13.5. The van der Waals surface area contributed by atoms with Gasteiger partial charge in [0.2, 0.25) is 0 Å². The quantitative estimate of drug-likeness (QED) is 0.845. The van der Waals surface area contributed by atoms with Gasteiger partial charge < -0.3 is 14.8 Å². The molecule has 5 nitrogen and oxygen atoms in total. The van der Waals surface area contributed by atoms with Gasteiger partial charge in [-0.1, -0.05) is 0 Å². The summed E-state index contributed by atoms with van der Waals surface area (Å²) in [7, 11) is 1.86. The van der Waals surface area contributed by atoms with Crippen molar-refractivity contribution in [3.8, 4) is 0 Å². The number of alkyl halides is 3. The van der Waals surface area contributed by atoms with Crippen molar-refractivity contribution in [3.63, 3.8) is 0 Å². The Labute approximate surface area is 147 Å². The first kappa shape index (κ1) is 17.8. The molecule has 1 atom stereocenters. The standard InChI is InChI=1S/C16H17F3N4OS/c1-22-8-7-21-14(22)13-10-20-6-9-23(13)15(24)11-2-4-12(5-3-11)25-16(17,18)19/h2-5,7-8,13,20H,6,9-10H2,1H3. The van der Waals surface area contributed by atoms with Crippen molar-refractivity contribution in [1.82, 2.24) is 19.8 Å². The molecule has 0 saturated carbocycles. The monoisotopic (exact) mass is 370 g/mol. The van der Waals surface area contributed by atoms with Crippen LogP contribution in [0.1, 0.15) is 22.2 Å². The van der Waals surface area contributed by atoms with Gasteiger partial charge in [-0.15, -0.1) is 0 Å². The summed E-state index contributed by atoms with van der Waals surface area (Å²) in [6.45, 7) is 1.75. The second-order valence-electron chi connectivity index (χ2n) is 5.69. The van der Waals surface area contributed by atoms with Crippen LogP contribution in [0, 0.1) is 0 Å². The molecule has 2 aromatic rings. The fraction of sp³-hybridized carbons (Fsp3) is 0.375. The molecule has 1 aliphatic heterocycles. The Morgan fingerprint density at radius 2 is 2.04 bits per heavy atom. The smallest absolute Gasteiger partial charge is 0.336 e. The number of benzene rings is 1. The highest BCUT2D eigenvalue weighted by Gasteiger charge is 2.32. The third-order valence-electron chi connectivity index (χ3n) is 4.00. The molecule has 1 aliphatic rings. The third-order valence-corrected chi connectivity index (χ3v) is 4.73. The Bertz CT molecular complexity index is 745. The van der Waals surface area contributed by atoms with Crippen LogP contribution in [0.4, 0.5) is 13.2 Å². The highest BCUT2D eigenvalue weighted by atomic mass is 32.2. The van der Waals surface area contributed by atoms with Gasteiger partial charge >= 0.3 is 5.51 Å². The van der Waals surface area contributed by atoms with Crippen LogP contribution in [0.2, 0.25) is 0 Å². The fourth-order valence-electron chi connectivity index (χ4n) is 2.84. The number of aromatic nitrogens is 2. The summed E-state index contributed by atoms with van der Waals surface area (Å²) in [5, 5.41) is 3.25. The maximum atomic E-state index is 12.8. The summed E-state index contributed by atoms with van der Waals surface area (Å²) in [5.41, 5.74) is -3.97. The maximum Gasteiger partial charge on any atom is 0.446 e. The topological polar surface area (TPSA) is 50.2 Å². The number of carbonyl (C=O) groups is 1. The molecule has 0 spiro atoms. The lowest BCUT2D eigenvalue weighted by Gasteiger charge is -2.35. The predicted octanol–water partition coefficient (Wildman–Crippen LogP) is 2.82. The van der Waals surface area contributed by atoms with E-state index in [1.807, 2.05) is 17.8 Å². The average Bonchev–Trinajstić information content (AvgIpc) is 2.99. The number of thioether (sulfide) groups is 1. The molecule has 1 aromatic carbocycles. The molecule has 0 aliphatic carbocycles. The molecule has 1 unspecified atom stereocenters. The van der Waals surface area contributed by atoms with Crippen LogP contribution in [0.15, 0.2) is 41.6 Å². The summed E-state index contributed by atoms with van der Waals surface area (Å²) in [5.74, 6) is 0.558. The molecule has 1 aromatic heterocycles. The van der Waals surface area contributed by atoms with Gasteiger partial charge in [0.05, 0.1) is 0 Å². The zero-order valence-corrected chi connectivity index (χ0v) is 14.3. The van der Waals surface area contributed by atoms with Gasteiger partial charge in [-0.3, -0.25) is 4.79 Å². The van der Waals surface area contributed by atoms with Gasteiger partial charge in [0.1, 0.15) is 11.9 Å². The van der Waals surface area contributed by atoms with Gasteiger partial charge in [-0.05, 0) is 36.0 Å². The van der Waals surface area contributed by atoms with Crippen LogP contribution in [0.5, 0.6) is 0 Å². The minimum Gasteiger partial charge on any atom is -0.336 e. The Kier molecular flexibility index (Phi) is 5.05. The number of hydrogen-bond acceptors (Lipinski definition) is 4. The molecule has 25 heavy (non-hydrogen) atoms. The minimum atomic E-state index is -4.34. The number of halogens is 3. The van der Waals surface area contributed by atoms with E-state index < -0.39 is 5.51 Å². The van der Waals surface area contributed by atoms with Crippen molar-refractivity contribution in [2.24, 2.45) is 7.05 Å². The van der Waals surface area contributed by atoms with E-state index in [0.29, 0.717) is 25.2 Å². The van der Waals surface area contributed by atoms with Gasteiger partial charge in [0.15, 0.2) is 0 Å². The van der Waals surface area contributed by atoms with E-state index in [9.17, 15) is 18.0 Å². The molecular weight excluding hydrogens is 353 g/mol. The highest BCUT2D eigenvalue weighted by Crippen LogP contribution is 2.36. The summed E-state index contributed by atoms with van der Waals surface area (Å²) in [6, 6.07) is 5.31. The summed E-state index contributed by atoms with van der Waals surface area (Å²) in [6.07, 6.45) is 3.49. The fourth-order valence-corrected chi connectivity index (χ4v) is 3.38. The number of hydrogen-bond donors (Lipinski definition) is 1. The number of aryl methyl sites for hydroxylation is 1. The van der Waals surface area contributed by atoms with Gasteiger partial charge in [0.25, 0.3) is 5.91 Å². The van der Waals surface area contributed by atoms with E-state index in [0.717, 1.165) is 5.82 Å². The molecule has 1 fully saturated rings. The van der Waals surface area contributed by atoms with E-state index in [1.165, 1.54) is 24.3 Å². The van der Waals surface area contributed by atoms with Gasteiger partial charge in [0, 0.05) is 49.5 Å². The zero-order chi connectivity index (χ0) is 18.0. The van der Waals surface area contributed by atoms with Crippen LogP contribution >= 0.6 is 11.8 Å². The van der Waals surface area contributed by atoms with E-state index in [2.05, 4.69) is 10.3 Å². The van der Waals surface area contributed by atoms with Gasteiger partial charge in [-0.2, -0.15) is 13.2 Å². The number of amides is 1. The highest BCUT2D eigenvalue weighted by molar-refractivity contribution is 8.00. The molecule has 2 heterocycles. The molecular formula is C16H17F3N4OS. The lowest BCUT2D eigenvalue weighted by molar-refractivity contribution is -0.0328. The van der Waals surface area contributed by atoms with E-state index in [-0.39, 0.29) is 28.6 Å². The van der Waals surface area contributed by atoms with Crippen molar-refractivity contribution < 1.29 is 18.0 Å². The molecule has 1 saturated heterocycles. The Hall–Kier alpha value is -2.00. The van der Waals surface area contributed by atoms with Crippen LogP contribution in [0.25, 0.3) is 0 Å². The van der Waals surface area contributed by atoms with E-state index in [4.69, 9.17) is 0 Å². The summed E-state index contributed by atoms with van der Waals surface area (Å²) < 4.78 is 39.1. The number of nitrogens with zero attached hydrogens (tertiary/aromatic N) is 3. The van der Waals surface area contributed by atoms with E-state index >= 15 is 0 Å². The number of imidazole rings is 1.